The van der Waals surface area contributed by atoms with Gasteiger partial charge in [-0.2, -0.15) is 0 Å². The van der Waals surface area contributed by atoms with Gasteiger partial charge in [0.15, 0.2) is 5.82 Å². The molecule has 0 saturated carbocycles. The number of halogens is 3. The van der Waals surface area contributed by atoms with Crippen LogP contribution in [-0.2, 0) is 6.54 Å². The van der Waals surface area contributed by atoms with Gasteiger partial charge in [0.2, 0.25) is 0 Å². The predicted octanol–water partition coefficient (Wildman–Crippen LogP) is 4.74. The molecule has 0 aliphatic rings. The third-order valence-electron chi connectivity index (χ3n) is 2.35. The summed E-state index contributed by atoms with van der Waals surface area (Å²) < 4.78 is 13.6. The highest BCUT2D eigenvalue weighted by molar-refractivity contribution is 6.31. The maximum atomic E-state index is 13.6. The van der Waals surface area contributed by atoms with Crippen molar-refractivity contribution < 1.29 is 4.39 Å². The molecule has 0 bridgehead atoms. The number of nitrogens with one attached hydrogen (secondary N) is 1. The molecule has 0 amide bonds. The van der Waals surface area contributed by atoms with E-state index in [2.05, 4.69) is 5.32 Å². The average Bonchev–Trinajstić information content (AvgIpc) is 2.33. The summed E-state index contributed by atoms with van der Waals surface area (Å²) in [4.78, 5) is 0. The molecule has 0 aromatic heterocycles. The summed E-state index contributed by atoms with van der Waals surface area (Å²) in [6.07, 6.45) is 0. The molecule has 1 N–H and O–H groups in total. The molecule has 1 nitrogen and oxygen atoms in total. The van der Waals surface area contributed by atoms with Gasteiger partial charge >= 0.3 is 0 Å². The second-order valence-corrected chi connectivity index (χ2v) is 4.43. The highest BCUT2D eigenvalue weighted by Crippen LogP contribution is 2.22. The lowest BCUT2D eigenvalue weighted by Crippen LogP contribution is -2.01. The lowest BCUT2D eigenvalue weighted by atomic mass is 10.2. The van der Waals surface area contributed by atoms with Crippen LogP contribution in [0.4, 0.5) is 10.1 Å². The number of anilines is 1. The molecule has 2 aromatic rings. The van der Waals surface area contributed by atoms with Gasteiger partial charge in [-0.25, -0.2) is 4.39 Å². The quantitative estimate of drug-likeness (QED) is 0.849. The van der Waals surface area contributed by atoms with Crippen molar-refractivity contribution in [2.75, 3.05) is 5.32 Å². The van der Waals surface area contributed by atoms with E-state index in [1.54, 1.807) is 24.3 Å². The van der Waals surface area contributed by atoms with E-state index in [9.17, 15) is 4.39 Å². The minimum atomic E-state index is -0.428. The first-order valence-electron chi connectivity index (χ1n) is 5.09. The Kier molecular flexibility index (Phi) is 3.87. The summed E-state index contributed by atoms with van der Waals surface area (Å²) in [5.74, 6) is -0.428. The number of benzene rings is 2. The number of hydrogen-bond donors (Lipinski definition) is 1. The number of rotatable bonds is 3. The van der Waals surface area contributed by atoms with Crippen molar-refractivity contribution in [2.45, 2.75) is 6.54 Å². The Morgan fingerprint density at radius 3 is 2.41 bits per heavy atom. The molecule has 0 spiro atoms. The van der Waals surface area contributed by atoms with Crippen LogP contribution in [0, 0.1) is 5.82 Å². The van der Waals surface area contributed by atoms with Gasteiger partial charge in [-0.15, -0.1) is 0 Å². The first kappa shape index (κ1) is 12.2. The van der Waals surface area contributed by atoms with Gasteiger partial charge in [0, 0.05) is 11.6 Å². The summed E-state index contributed by atoms with van der Waals surface area (Å²) in [6.45, 7) is 0.522. The van der Waals surface area contributed by atoms with E-state index in [-0.39, 0.29) is 5.02 Å². The van der Waals surface area contributed by atoms with Crippen LogP contribution in [-0.4, -0.2) is 0 Å². The van der Waals surface area contributed by atoms with Crippen molar-refractivity contribution >= 4 is 28.9 Å². The van der Waals surface area contributed by atoms with Crippen LogP contribution in [0.3, 0.4) is 0 Å². The summed E-state index contributed by atoms with van der Waals surface area (Å²) in [5, 5.41) is 3.79. The predicted molar refractivity (Wildman–Crippen MR) is 70.2 cm³/mol. The molecule has 0 fully saturated rings. The van der Waals surface area contributed by atoms with Gasteiger partial charge in [0.05, 0.1) is 10.7 Å². The van der Waals surface area contributed by atoms with E-state index in [1.807, 2.05) is 12.1 Å². The first-order valence-corrected chi connectivity index (χ1v) is 5.85. The van der Waals surface area contributed by atoms with E-state index in [4.69, 9.17) is 23.2 Å². The van der Waals surface area contributed by atoms with Gasteiger partial charge in [-0.05, 0) is 29.8 Å². The van der Waals surface area contributed by atoms with E-state index in [0.717, 1.165) is 5.56 Å². The van der Waals surface area contributed by atoms with Gasteiger partial charge in [-0.3, -0.25) is 0 Å². The lowest BCUT2D eigenvalue weighted by Gasteiger charge is -2.08. The molecule has 0 atom stereocenters. The van der Waals surface area contributed by atoms with Crippen molar-refractivity contribution in [3.8, 4) is 0 Å². The number of hydrogen-bond acceptors (Lipinski definition) is 1. The zero-order chi connectivity index (χ0) is 12.3. The van der Waals surface area contributed by atoms with E-state index >= 15 is 0 Å². The average molecular weight is 270 g/mol. The highest BCUT2D eigenvalue weighted by Gasteiger charge is 2.05. The molecule has 17 heavy (non-hydrogen) atoms. The zero-order valence-electron chi connectivity index (χ0n) is 8.88. The fourth-order valence-electron chi connectivity index (χ4n) is 1.44. The van der Waals surface area contributed by atoms with E-state index < -0.39 is 5.82 Å². The van der Waals surface area contributed by atoms with Crippen LogP contribution in [0.1, 0.15) is 5.56 Å². The highest BCUT2D eigenvalue weighted by atomic mass is 35.5. The smallest absolute Gasteiger partial charge is 0.164 e. The topological polar surface area (TPSA) is 12.0 Å². The fourth-order valence-corrected chi connectivity index (χ4v) is 1.74. The SMILES string of the molecule is Fc1c(Cl)cccc1NCc1ccc(Cl)cc1. The molecule has 0 saturated heterocycles. The third kappa shape index (κ3) is 3.11. The Morgan fingerprint density at radius 1 is 1.00 bits per heavy atom. The first-order chi connectivity index (χ1) is 8.16. The Hall–Kier alpha value is -1.25. The van der Waals surface area contributed by atoms with Crippen molar-refractivity contribution in [1.29, 1.82) is 0 Å². The van der Waals surface area contributed by atoms with Crippen molar-refractivity contribution in [3.63, 3.8) is 0 Å². The summed E-state index contributed by atoms with van der Waals surface area (Å²) in [6, 6.07) is 12.2. The molecular formula is C13H10Cl2FN. The van der Waals surface area contributed by atoms with Crippen molar-refractivity contribution in [1.82, 2.24) is 0 Å². The lowest BCUT2D eigenvalue weighted by molar-refractivity contribution is 0.630. The minimum Gasteiger partial charge on any atom is -0.379 e. The Labute approximate surface area is 109 Å². The molecule has 0 radical (unpaired) electrons. The summed E-state index contributed by atoms with van der Waals surface area (Å²) in [5.41, 5.74) is 1.42. The fraction of sp³-hybridized carbons (Fsp3) is 0.0769. The summed E-state index contributed by atoms with van der Waals surface area (Å²) >= 11 is 11.5. The Morgan fingerprint density at radius 2 is 1.71 bits per heavy atom. The van der Waals surface area contributed by atoms with Crippen LogP contribution >= 0.6 is 23.2 Å². The van der Waals surface area contributed by atoms with Gasteiger partial charge < -0.3 is 5.32 Å². The minimum absolute atomic E-state index is 0.117. The van der Waals surface area contributed by atoms with Crippen molar-refractivity contribution in [3.05, 3.63) is 63.9 Å². The maximum Gasteiger partial charge on any atom is 0.164 e. The molecule has 0 heterocycles. The second kappa shape index (κ2) is 5.39. The summed E-state index contributed by atoms with van der Waals surface area (Å²) in [7, 11) is 0. The van der Waals surface area contributed by atoms with Crippen LogP contribution < -0.4 is 5.32 Å². The monoisotopic (exact) mass is 269 g/mol. The van der Waals surface area contributed by atoms with Crippen LogP contribution in [0.5, 0.6) is 0 Å². The van der Waals surface area contributed by atoms with Gasteiger partial charge in [0.25, 0.3) is 0 Å². The third-order valence-corrected chi connectivity index (χ3v) is 2.89. The van der Waals surface area contributed by atoms with Crippen LogP contribution in [0.25, 0.3) is 0 Å². The largest absolute Gasteiger partial charge is 0.379 e. The molecular weight excluding hydrogens is 260 g/mol. The van der Waals surface area contributed by atoms with Gasteiger partial charge in [0.1, 0.15) is 0 Å². The van der Waals surface area contributed by atoms with Crippen molar-refractivity contribution in [2.24, 2.45) is 0 Å². The zero-order valence-corrected chi connectivity index (χ0v) is 10.4. The molecule has 4 heteroatoms. The molecule has 2 rings (SSSR count). The standard InChI is InChI=1S/C13H10Cl2FN/c14-10-6-4-9(5-7-10)8-17-12-3-1-2-11(15)13(12)16/h1-7,17H,8H2. The molecule has 88 valence electrons. The molecule has 2 aromatic carbocycles. The molecule has 0 aliphatic carbocycles. The van der Waals surface area contributed by atoms with E-state index in [0.29, 0.717) is 17.3 Å². The Bertz CT molecular complexity index is 511. The second-order valence-electron chi connectivity index (χ2n) is 3.58. The van der Waals surface area contributed by atoms with Crippen LogP contribution in [0.2, 0.25) is 10.0 Å². The van der Waals surface area contributed by atoms with Crippen LogP contribution in [0.15, 0.2) is 42.5 Å². The normalized spacial score (nSPS) is 10.3. The molecule has 0 unspecified atom stereocenters. The van der Waals surface area contributed by atoms with E-state index in [1.165, 1.54) is 6.07 Å². The molecule has 0 aliphatic heterocycles. The Balaban J connectivity index is 2.07. The maximum absolute atomic E-state index is 13.6. The van der Waals surface area contributed by atoms with Gasteiger partial charge in [-0.1, -0.05) is 41.4 Å².